The lowest BCUT2D eigenvalue weighted by molar-refractivity contribution is -0.432. The summed E-state index contributed by atoms with van der Waals surface area (Å²) in [6.07, 6.45) is 10.8. The lowest BCUT2D eigenvalue weighted by Crippen LogP contribution is -2.27. The standard InChI is InChI=1S/C19H27F4NO4S/c1-2-3-4-5-6-7-8-9-10-11-12-24-19(25)13-14(20)16(22)18(29-28-27-26)17(23)15(13)21/h26H,2-12H2,1H3,(H,24,25). The van der Waals surface area contributed by atoms with Crippen LogP contribution in [-0.2, 0) is 9.37 Å². The number of carbonyl (C=O) groups excluding carboxylic acids is 1. The maximum Gasteiger partial charge on any atom is 0.257 e. The minimum atomic E-state index is -1.85. The second-order valence-corrected chi connectivity index (χ2v) is 7.33. The largest absolute Gasteiger partial charge is 0.352 e. The molecule has 10 heteroatoms. The predicted octanol–water partition coefficient (Wildman–Crippen LogP) is 6.32. The zero-order chi connectivity index (χ0) is 21.6. The van der Waals surface area contributed by atoms with E-state index in [4.69, 9.17) is 5.26 Å². The van der Waals surface area contributed by atoms with Crippen molar-refractivity contribution >= 4 is 17.9 Å². The van der Waals surface area contributed by atoms with E-state index < -0.39 is 39.6 Å². The number of nitrogens with one attached hydrogen (secondary N) is 1. The van der Waals surface area contributed by atoms with Crippen molar-refractivity contribution in [1.82, 2.24) is 5.32 Å². The Bertz CT molecular complexity index is 620. The van der Waals surface area contributed by atoms with Crippen LogP contribution < -0.4 is 5.32 Å². The summed E-state index contributed by atoms with van der Waals surface area (Å²) in [6, 6.07) is 0. The summed E-state index contributed by atoms with van der Waals surface area (Å²) >= 11 is -0.275. The first-order chi connectivity index (χ1) is 14.0. The van der Waals surface area contributed by atoms with Gasteiger partial charge in [0.05, 0.1) is 12.0 Å². The maximum atomic E-state index is 14.0. The van der Waals surface area contributed by atoms with Crippen LogP contribution in [0.5, 0.6) is 0 Å². The van der Waals surface area contributed by atoms with Crippen LogP contribution in [0.4, 0.5) is 17.6 Å². The van der Waals surface area contributed by atoms with Crippen LogP contribution in [0, 0.1) is 23.3 Å². The van der Waals surface area contributed by atoms with Gasteiger partial charge in [0.15, 0.2) is 23.3 Å². The summed E-state index contributed by atoms with van der Waals surface area (Å²) in [5.41, 5.74) is -1.35. The summed E-state index contributed by atoms with van der Waals surface area (Å²) in [6.45, 7) is 2.31. The normalized spacial score (nSPS) is 11.1. The average molecular weight is 441 g/mol. The fraction of sp³-hybridized carbons (Fsp3) is 0.632. The fourth-order valence-corrected chi connectivity index (χ4v) is 3.26. The molecular weight excluding hydrogens is 414 g/mol. The van der Waals surface area contributed by atoms with Gasteiger partial charge in [0.1, 0.15) is 10.5 Å². The van der Waals surface area contributed by atoms with Gasteiger partial charge < -0.3 is 5.32 Å². The highest BCUT2D eigenvalue weighted by Gasteiger charge is 2.30. The molecule has 0 saturated heterocycles. The summed E-state index contributed by atoms with van der Waals surface area (Å²) in [5.74, 6) is -8.60. The van der Waals surface area contributed by atoms with E-state index in [1.165, 1.54) is 32.1 Å². The Hall–Kier alpha value is -1.36. The molecule has 0 aliphatic heterocycles. The first-order valence-electron chi connectivity index (χ1n) is 9.74. The molecule has 29 heavy (non-hydrogen) atoms. The zero-order valence-electron chi connectivity index (χ0n) is 16.4. The Kier molecular flexibility index (Phi) is 12.9. The van der Waals surface area contributed by atoms with Crippen LogP contribution in [0.15, 0.2) is 4.90 Å². The molecule has 166 valence electrons. The Balaban J connectivity index is 2.41. The minimum absolute atomic E-state index is 0.134. The smallest absolute Gasteiger partial charge is 0.257 e. The molecule has 0 aliphatic carbocycles. The van der Waals surface area contributed by atoms with Crippen LogP contribution in [0.2, 0.25) is 0 Å². The van der Waals surface area contributed by atoms with Gasteiger partial charge in [0.2, 0.25) is 0 Å². The Morgan fingerprint density at radius 2 is 1.34 bits per heavy atom. The molecular formula is C19H27F4NO4S. The van der Waals surface area contributed by atoms with Crippen molar-refractivity contribution in [3.05, 3.63) is 28.8 Å². The molecule has 1 aromatic carbocycles. The van der Waals surface area contributed by atoms with E-state index in [-0.39, 0.29) is 18.6 Å². The van der Waals surface area contributed by atoms with Gasteiger partial charge in [0, 0.05) is 6.54 Å². The lowest BCUT2D eigenvalue weighted by atomic mass is 10.1. The highest BCUT2D eigenvalue weighted by Crippen LogP contribution is 2.32. The van der Waals surface area contributed by atoms with E-state index in [1.54, 1.807) is 0 Å². The number of amides is 1. The maximum absolute atomic E-state index is 14.0. The van der Waals surface area contributed by atoms with Gasteiger partial charge in [-0.2, -0.15) is 0 Å². The number of hydrogen-bond donors (Lipinski definition) is 2. The number of hydrogen-bond acceptors (Lipinski definition) is 5. The summed E-state index contributed by atoms with van der Waals surface area (Å²) in [4.78, 5) is 10.7. The molecule has 0 saturated carbocycles. The third-order valence-electron chi connectivity index (χ3n) is 4.41. The van der Waals surface area contributed by atoms with Gasteiger partial charge in [-0.25, -0.2) is 22.8 Å². The van der Waals surface area contributed by atoms with E-state index in [1.807, 2.05) is 0 Å². The minimum Gasteiger partial charge on any atom is -0.352 e. The van der Waals surface area contributed by atoms with Crippen molar-refractivity contribution in [2.75, 3.05) is 6.54 Å². The van der Waals surface area contributed by atoms with E-state index in [0.29, 0.717) is 6.42 Å². The highest BCUT2D eigenvalue weighted by atomic mass is 32.2. The SMILES string of the molecule is CCCCCCCCCCCCNC(=O)c1c(F)c(F)c(SOOO)c(F)c1F. The Morgan fingerprint density at radius 3 is 1.83 bits per heavy atom. The third-order valence-corrected chi connectivity index (χ3v) is 5.07. The summed E-state index contributed by atoms with van der Waals surface area (Å²) < 4.78 is 59.5. The Labute approximate surface area is 172 Å². The first-order valence-corrected chi connectivity index (χ1v) is 10.5. The summed E-state index contributed by atoms with van der Waals surface area (Å²) in [7, 11) is 0. The number of halogens is 4. The molecule has 0 atom stereocenters. The quantitative estimate of drug-likeness (QED) is 0.0832. The van der Waals surface area contributed by atoms with E-state index in [2.05, 4.69) is 21.6 Å². The molecule has 0 radical (unpaired) electrons. The van der Waals surface area contributed by atoms with Crippen LogP contribution in [0.1, 0.15) is 81.5 Å². The van der Waals surface area contributed by atoms with Gasteiger partial charge in [-0.15, -0.1) is 4.33 Å². The molecule has 1 rings (SSSR count). The van der Waals surface area contributed by atoms with Gasteiger partial charge in [-0.3, -0.25) is 4.79 Å². The van der Waals surface area contributed by atoms with Crippen LogP contribution in [0.25, 0.3) is 0 Å². The third kappa shape index (κ3) is 8.49. The molecule has 0 unspecified atom stereocenters. The van der Waals surface area contributed by atoms with Crippen LogP contribution >= 0.6 is 12.0 Å². The first kappa shape index (κ1) is 25.7. The Morgan fingerprint density at radius 1 is 0.862 bits per heavy atom. The van der Waals surface area contributed by atoms with Crippen LogP contribution in [-0.4, -0.2) is 17.7 Å². The number of unbranched alkanes of at least 4 members (excludes halogenated alkanes) is 9. The predicted molar refractivity (Wildman–Crippen MR) is 101 cm³/mol. The van der Waals surface area contributed by atoms with E-state index in [0.717, 1.165) is 25.7 Å². The number of benzene rings is 1. The molecule has 0 heterocycles. The molecule has 0 bridgehead atoms. The van der Waals surface area contributed by atoms with Crippen molar-refractivity contribution in [1.29, 1.82) is 0 Å². The molecule has 1 aromatic rings. The molecule has 1 amide bonds. The second-order valence-electron chi connectivity index (χ2n) is 6.62. The molecule has 5 nitrogen and oxygen atoms in total. The van der Waals surface area contributed by atoms with E-state index >= 15 is 0 Å². The van der Waals surface area contributed by atoms with Crippen molar-refractivity contribution in [3.63, 3.8) is 0 Å². The van der Waals surface area contributed by atoms with Gasteiger partial charge in [-0.05, 0) is 6.42 Å². The van der Waals surface area contributed by atoms with Crippen LogP contribution in [0.3, 0.4) is 0 Å². The molecule has 0 aromatic heterocycles. The van der Waals surface area contributed by atoms with E-state index in [9.17, 15) is 22.4 Å². The molecule has 0 fully saturated rings. The molecule has 2 N–H and O–H groups in total. The molecule has 0 spiro atoms. The summed E-state index contributed by atoms with van der Waals surface area (Å²) in [5, 5.41) is 13.4. The van der Waals surface area contributed by atoms with Gasteiger partial charge >= 0.3 is 0 Å². The lowest BCUT2D eigenvalue weighted by Gasteiger charge is -2.11. The second kappa shape index (κ2) is 14.6. The van der Waals surface area contributed by atoms with Crippen molar-refractivity contribution in [2.24, 2.45) is 0 Å². The van der Waals surface area contributed by atoms with Crippen molar-refractivity contribution in [2.45, 2.75) is 76.0 Å². The number of rotatable bonds is 15. The monoisotopic (exact) mass is 441 g/mol. The van der Waals surface area contributed by atoms with Crippen molar-refractivity contribution < 1.29 is 37.0 Å². The van der Waals surface area contributed by atoms with Gasteiger partial charge in [0.25, 0.3) is 5.91 Å². The number of carbonyl (C=O) groups is 1. The fourth-order valence-electron chi connectivity index (χ4n) is 2.84. The van der Waals surface area contributed by atoms with Gasteiger partial charge in [-0.1, -0.05) is 69.7 Å². The molecule has 0 aliphatic rings. The highest BCUT2D eigenvalue weighted by molar-refractivity contribution is 7.94. The topological polar surface area (TPSA) is 67.8 Å². The van der Waals surface area contributed by atoms with Crippen molar-refractivity contribution in [3.8, 4) is 0 Å². The zero-order valence-corrected chi connectivity index (χ0v) is 17.2. The average Bonchev–Trinajstić information content (AvgIpc) is 2.70.